The van der Waals surface area contributed by atoms with Crippen LogP contribution in [0.1, 0.15) is 31.4 Å². The van der Waals surface area contributed by atoms with Gasteiger partial charge in [0.2, 0.25) is 0 Å². The lowest BCUT2D eigenvalue weighted by molar-refractivity contribution is -0.696. The van der Waals surface area contributed by atoms with Crippen molar-refractivity contribution in [1.29, 1.82) is 0 Å². The van der Waals surface area contributed by atoms with E-state index in [0.29, 0.717) is 0 Å². The normalized spacial score (nSPS) is 11.2. The van der Waals surface area contributed by atoms with Crippen LogP contribution >= 0.6 is 0 Å². The molecule has 0 radical (unpaired) electrons. The van der Waals surface area contributed by atoms with Crippen LogP contribution in [-0.4, -0.2) is 4.98 Å². The van der Waals surface area contributed by atoms with Gasteiger partial charge in [0, 0.05) is 35.2 Å². The summed E-state index contributed by atoms with van der Waals surface area (Å²) in [6.45, 7) is 1.09. The number of aryl methyl sites for hydroxylation is 2. The number of unbranched alkanes of at least 4 members (excludes halogenated alkanes) is 3. The molecule has 0 saturated carbocycles. The lowest BCUT2D eigenvalue weighted by atomic mass is 10.0. The molecule has 0 saturated heterocycles. The second kappa shape index (κ2) is 8.09. The van der Waals surface area contributed by atoms with Gasteiger partial charge < -0.3 is 0 Å². The number of aromatic nitrogens is 2. The number of hydrogen-bond acceptors (Lipinski definition) is 1. The van der Waals surface area contributed by atoms with E-state index in [1.54, 1.807) is 0 Å². The van der Waals surface area contributed by atoms with Crippen molar-refractivity contribution in [3.05, 3.63) is 84.9 Å². The van der Waals surface area contributed by atoms with E-state index in [4.69, 9.17) is 0 Å². The zero-order valence-corrected chi connectivity index (χ0v) is 15.1. The van der Waals surface area contributed by atoms with Gasteiger partial charge in [-0.25, -0.2) is 4.57 Å². The summed E-state index contributed by atoms with van der Waals surface area (Å²) in [6.07, 6.45) is 12.4. The Morgan fingerprint density at radius 3 is 2.38 bits per heavy atom. The quantitative estimate of drug-likeness (QED) is 0.321. The topological polar surface area (TPSA) is 16.8 Å². The first-order valence-electron chi connectivity index (χ1n) is 9.61. The van der Waals surface area contributed by atoms with Crippen LogP contribution in [0.2, 0.25) is 0 Å². The third-order valence-electron chi connectivity index (χ3n) is 5.08. The molecule has 2 nitrogen and oxygen atoms in total. The molecule has 4 rings (SSSR count). The maximum Gasteiger partial charge on any atom is 0.176 e. The molecule has 0 aliphatic heterocycles. The molecule has 0 bridgehead atoms. The predicted molar refractivity (Wildman–Crippen MR) is 108 cm³/mol. The summed E-state index contributed by atoms with van der Waals surface area (Å²) >= 11 is 0. The minimum atomic E-state index is 1.07. The minimum absolute atomic E-state index is 1.07. The van der Waals surface area contributed by atoms with E-state index in [0.717, 1.165) is 13.0 Å². The fourth-order valence-corrected chi connectivity index (χ4v) is 3.64. The number of rotatable bonds is 7. The van der Waals surface area contributed by atoms with Crippen molar-refractivity contribution in [1.82, 2.24) is 4.98 Å². The van der Waals surface area contributed by atoms with Gasteiger partial charge in [0.15, 0.2) is 12.4 Å². The average Bonchev–Trinajstić information content (AvgIpc) is 2.70. The molecule has 0 aliphatic carbocycles. The highest BCUT2D eigenvalue weighted by molar-refractivity contribution is 5.84. The van der Waals surface area contributed by atoms with Crippen molar-refractivity contribution in [2.24, 2.45) is 0 Å². The Labute approximate surface area is 155 Å². The van der Waals surface area contributed by atoms with Gasteiger partial charge in [-0.2, -0.15) is 0 Å². The Kier molecular flexibility index (Phi) is 5.20. The van der Waals surface area contributed by atoms with Crippen LogP contribution in [0.25, 0.3) is 21.5 Å². The summed E-state index contributed by atoms with van der Waals surface area (Å²) < 4.78 is 2.31. The Balaban J connectivity index is 1.25. The average molecular weight is 341 g/mol. The first-order valence-corrected chi connectivity index (χ1v) is 9.61. The third-order valence-corrected chi connectivity index (χ3v) is 5.08. The summed E-state index contributed by atoms with van der Waals surface area (Å²) in [4.78, 5) is 4.60. The number of benzene rings is 2. The number of hydrogen-bond donors (Lipinski definition) is 0. The molecule has 2 aromatic carbocycles. The van der Waals surface area contributed by atoms with Crippen molar-refractivity contribution in [2.45, 2.75) is 38.6 Å². The highest BCUT2D eigenvalue weighted by Crippen LogP contribution is 2.18. The van der Waals surface area contributed by atoms with Gasteiger partial charge in [0.05, 0.1) is 0 Å². The highest BCUT2D eigenvalue weighted by atomic mass is 14.9. The first-order chi connectivity index (χ1) is 12.9. The summed E-state index contributed by atoms with van der Waals surface area (Å²) in [5.74, 6) is 0. The van der Waals surface area contributed by atoms with Gasteiger partial charge in [-0.05, 0) is 42.2 Å². The van der Waals surface area contributed by atoms with Crippen LogP contribution < -0.4 is 4.57 Å². The Morgan fingerprint density at radius 2 is 1.46 bits per heavy atom. The largest absolute Gasteiger partial charge is 0.261 e. The molecule has 0 amide bonds. The summed E-state index contributed by atoms with van der Waals surface area (Å²) in [7, 11) is 0. The molecule has 0 N–H and O–H groups in total. The Hall–Kier alpha value is -2.74. The van der Waals surface area contributed by atoms with Gasteiger partial charge in [0.25, 0.3) is 0 Å². The second-order valence-electron chi connectivity index (χ2n) is 6.95. The standard InChI is InChI=1S/C24H25N2/c1(3-13-24-23-12-7-6-10-21(23)14-16-25-24)2-8-17-26-18-15-20-9-4-5-11-22(20)19-26/h4-7,9-12,14-16,18-19H,1-3,8,13,17H2/q+1. The van der Waals surface area contributed by atoms with Crippen molar-refractivity contribution in [3.63, 3.8) is 0 Å². The Morgan fingerprint density at radius 1 is 0.692 bits per heavy atom. The summed E-state index contributed by atoms with van der Waals surface area (Å²) in [5, 5.41) is 5.23. The van der Waals surface area contributed by atoms with Gasteiger partial charge in [-0.15, -0.1) is 0 Å². The maximum absolute atomic E-state index is 4.60. The SMILES string of the molecule is c1ccc2c[n+](CCCCCCc3nccc4ccccc34)ccc2c1. The van der Waals surface area contributed by atoms with Crippen LogP contribution in [0.4, 0.5) is 0 Å². The molecule has 2 heteroatoms. The van der Waals surface area contributed by atoms with E-state index in [1.807, 2.05) is 6.20 Å². The lowest BCUT2D eigenvalue weighted by Gasteiger charge is -2.05. The molecule has 0 unspecified atom stereocenters. The van der Waals surface area contributed by atoms with E-state index in [1.165, 1.54) is 52.9 Å². The molecule has 26 heavy (non-hydrogen) atoms. The monoisotopic (exact) mass is 341 g/mol. The molecular weight excluding hydrogens is 316 g/mol. The van der Waals surface area contributed by atoms with Crippen LogP contribution in [0, 0.1) is 0 Å². The maximum atomic E-state index is 4.60. The molecule has 0 spiro atoms. The fourth-order valence-electron chi connectivity index (χ4n) is 3.64. The van der Waals surface area contributed by atoms with Crippen molar-refractivity contribution in [3.8, 4) is 0 Å². The van der Waals surface area contributed by atoms with Crippen molar-refractivity contribution < 1.29 is 4.57 Å². The molecule has 0 atom stereocenters. The third kappa shape index (κ3) is 3.91. The number of nitrogens with zero attached hydrogens (tertiary/aromatic N) is 2. The fraction of sp³-hybridized carbons (Fsp3) is 0.250. The lowest BCUT2D eigenvalue weighted by Crippen LogP contribution is -2.32. The predicted octanol–water partition coefficient (Wildman–Crippen LogP) is 5.48. The summed E-state index contributed by atoms with van der Waals surface area (Å²) in [6, 6.07) is 21.4. The van der Waals surface area contributed by atoms with Crippen LogP contribution in [0.5, 0.6) is 0 Å². The number of fused-ring (bicyclic) bond motifs is 2. The zero-order valence-electron chi connectivity index (χ0n) is 15.1. The number of pyridine rings is 2. The zero-order chi connectivity index (χ0) is 17.6. The molecular formula is C24H25N2+. The Bertz CT molecular complexity index is 1000. The van der Waals surface area contributed by atoms with E-state index in [-0.39, 0.29) is 0 Å². The summed E-state index contributed by atoms with van der Waals surface area (Å²) in [5.41, 5.74) is 1.24. The molecule has 0 fully saturated rings. The molecule has 2 aromatic heterocycles. The van der Waals surface area contributed by atoms with E-state index in [2.05, 4.69) is 82.6 Å². The smallest absolute Gasteiger partial charge is 0.176 e. The van der Waals surface area contributed by atoms with Gasteiger partial charge >= 0.3 is 0 Å². The van der Waals surface area contributed by atoms with E-state index in [9.17, 15) is 0 Å². The second-order valence-corrected chi connectivity index (χ2v) is 6.95. The van der Waals surface area contributed by atoms with E-state index >= 15 is 0 Å². The molecule has 4 aromatic rings. The van der Waals surface area contributed by atoms with Crippen LogP contribution in [0.15, 0.2) is 79.3 Å². The molecule has 0 aliphatic rings. The van der Waals surface area contributed by atoms with Crippen molar-refractivity contribution >= 4 is 21.5 Å². The van der Waals surface area contributed by atoms with Crippen LogP contribution in [-0.2, 0) is 13.0 Å². The molecule has 2 heterocycles. The van der Waals surface area contributed by atoms with Gasteiger partial charge in [-0.3, -0.25) is 4.98 Å². The first kappa shape index (κ1) is 16.7. The van der Waals surface area contributed by atoms with E-state index < -0.39 is 0 Å². The minimum Gasteiger partial charge on any atom is -0.261 e. The highest BCUT2D eigenvalue weighted by Gasteiger charge is 2.04. The van der Waals surface area contributed by atoms with Crippen molar-refractivity contribution in [2.75, 3.05) is 0 Å². The molecule has 130 valence electrons. The van der Waals surface area contributed by atoms with Crippen LogP contribution in [0.3, 0.4) is 0 Å². The van der Waals surface area contributed by atoms with Gasteiger partial charge in [-0.1, -0.05) is 48.9 Å². The van der Waals surface area contributed by atoms with Gasteiger partial charge in [0.1, 0.15) is 6.54 Å².